The summed E-state index contributed by atoms with van der Waals surface area (Å²) in [5.41, 5.74) is 1.33. The molecular weight excluding hydrogens is 404 g/mol. The van der Waals surface area contributed by atoms with Crippen LogP contribution in [-0.4, -0.2) is 61.8 Å². The third-order valence-electron chi connectivity index (χ3n) is 5.71. The first-order valence-electron chi connectivity index (χ1n) is 11.3. The molecular formula is C24H34N6O2. The van der Waals surface area contributed by atoms with Gasteiger partial charge >= 0.3 is 0 Å². The van der Waals surface area contributed by atoms with Crippen molar-refractivity contribution in [1.29, 1.82) is 0 Å². The number of anilines is 2. The zero-order valence-corrected chi connectivity index (χ0v) is 19.6. The summed E-state index contributed by atoms with van der Waals surface area (Å²) in [5, 5.41) is 2.98. The Labute approximate surface area is 191 Å². The molecule has 2 aliphatic rings. The molecule has 0 aromatic carbocycles. The molecule has 3 heterocycles. The van der Waals surface area contributed by atoms with Gasteiger partial charge in [-0.25, -0.2) is 4.98 Å². The van der Waals surface area contributed by atoms with Crippen LogP contribution in [0.25, 0.3) is 4.85 Å². The Morgan fingerprint density at radius 1 is 1.28 bits per heavy atom. The van der Waals surface area contributed by atoms with Gasteiger partial charge in [-0.1, -0.05) is 12.6 Å². The minimum atomic E-state index is -0.538. The van der Waals surface area contributed by atoms with Crippen molar-refractivity contribution in [3.05, 3.63) is 41.1 Å². The fraction of sp³-hybridized carbons (Fsp3) is 0.583. The molecule has 0 spiro atoms. The Kier molecular flexibility index (Phi) is 7.99. The Morgan fingerprint density at radius 3 is 2.69 bits per heavy atom. The largest absolute Gasteiger partial charge is 0.369 e. The van der Waals surface area contributed by atoms with Gasteiger partial charge in [0.1, 0.15) is 5.60 Å². The van der Waals surface area contributed by atoms with E-state index in [0.29, 0.717) is 24.4 Å². The third kappa shape index (κ3) is 6.15. The van der Waals surface area contributed by atoms with Gasteiger partial charge in [0.2, 0.25) is 0 Å². The van der Waals surface area contributed by atoms with Gasteiger partial charge in [0.05, 0.1) is 11.4 Å². The molecule has 8 heteroatoms. The monoisotopic (exact) mass is 438 g/mol. The number of ether oxygens (including phenoxy) is 1. The summed E-state index contributed by atoms with van der Waals surface area (Å²) in [6.07, 6.45) is 6.42. The molecule has 0 unspecified atom stereocenters. The van der Waals surface area contributed by atoms with Crippen LogP contribution in [0.1, 0.15) is 51.6 Å². The van der Waals surface area contributed by atoms with Crippen molar-refractivity contribution in [1.82, 2.24) is 9.88 Å². The average Bonchev–Trinajstić information content (AvgIpc) is 3.27. The quantitative estimate of drug-likeness (QED) is 0.469. The Morgan fingerprint density at radius 2 is 2.03 bits per heavy atom. The second-order valence-corrected chi connectivity index (χ2v) is 9.02. The number of amides is 1. The standard InChI is InChI=1S/C24H34N6O2/c1-24(2,32-17-9-14-29(4)5)20-12-10-18(22(28-20)30-15-7-6-8-16-30)27-23(31)19-11-13-21(25-3)26-19/h10,12-13H,6-9,11,14-17H2,1-2,4-5H3,(H,27,31). The van der Waals surface area contributed by atoms with E-state index in [1.165, 1.54) is 6.42 Å². The van der Waals surface area contributed by atoms with E-state index in [1.54, 1.807) is 6.08 Å². The summed E-state index contributed by atoms with van der Waals surface area (Å²) in [6.45, 7) is 14.6. The van der Waals surface area contributed by atoms with Gasteiger partial charge in [0, 0.05) is 26.1 Å². The third-order valence-corrected chi connectivity index (χ3v) is 5.71. The summed E-state index contributed by atoms with van der Waals surface area (Å²) in [4.78, 5) is 29.5. The highest BCUT2D eigenvalue weighted by molar-refractivity contribution is 6.44. The van der Waals surface area contributed by atoms with Crippen LogP contribution in [0.15, 0.2) is 29.0 Å². The topological polar surface area (TPSA) is 74.4 Å². The maximum atomic E-state index is 12.8. The minimum absolute atomic E-state index is 0.271. The molecule has 172 valence electrons. The van der Waals surface area contributed by atoms with E-state index in [1.807, 2.05) is 26.0 Å². The van der Waals surface area contributed by atoms with Crippen LogP contribution in [0.2, 0.25) is 0 Å². The number of hydrogen-bond acceptors (Lipinski definition) is 6. The number of piperidine rings is 1. The molecule has 0 bridgehead atoms. The Bertz CT molecular complexity index is 923. The SMILES string of the molecule is [C-]#[N+]C1=CCC(C(=O)Nc2ccc(C(C)(C)OCCCN(C)C)nc2N2CCCCC2)=N1. The zero-order chi connectivity index (χ0) is 23.1. The van der Waals surface area contributed by atoms with Crippen molar-refractivity contribution in [3.8, 4) is 0 Å². The second-order valence-electron chi connectivity index (χ2n) is 9.02. The molecule has 1 amide bonds. The summed E-state index contributed by atoms with van der Waals surface area (Å²) < 4.78 is 6.19. The van der Waals surface area contributed by atoms with Gasteiger partial charge in [-0.2, -0.15) is 0 Å². The van der Waals surface area contributed by atoms with Gasteiger partial charge in [-0.05, 0) is 72.3 Å². The first-order chi connectivity index (χ1) is 15.3. The summed E-state index contributed by atoms with van der Waals surface area (Å²) >= 11 is 0. The van der Waals surface area contributed by atoms with E-state index in [9.17, 15) is 4.79 Å². The van der Waals surface area contributed by atoms with Gasteiger partial charge in [-0.15, -0.1) is 4.99 Å². The van der Waals surface area contributed by atoms with Crippen molar-refractivity contribution >= 4 is 23.1 Å². The first-order valence-corrected chi connectivity index (χ1v) is 11.3. The highest BCUT2D eigenvalue weighted by Gasteiger charge is 2.28. The molecule has 1 saturated heterocycles. The van der Waals surface area contributed by atoms with Crippen LogP contribution in [0.3, 0.4) is 0 Å². The number of nitrogens with one attached hydrogen (secondary N) is 1. The molecule has 0 atom stereocenters. The molecule has 3 rings (SSSR count). The zero-order valence-electron chi connectivity index (χ0n) is 19.6. The number of allylic oxidation sites excluding steroid dienone is 1. The van der Waals surface area contributed by atoms with Crippen LogP contribution in [0, 0.1) is 6.57 Å². The average molecular weight is 439 g/mol. The molecule has 0 radical (unpaired) electrons. The predicted octanol–water partition coefficient (Wildman–Crippen LogP) is 3.82. The number of carbonyl (C=O) groups excluding carboxylic acids is 1. The number of rotatable bonds is 9. The lowest BCUT2D eigenvalue weighted by molar-refractivity contribution is -0.110. The van der Waals surface area contributed by atoms with E-state index < -0.39 is 5.60 Å². The van der Waals surface area contributed by atoms with Crippen molar-refractivity contribution < 1.29 is 9.53 Å². The van der Waals surface area contributed by atoms with Gasteiger partial charge in [-0.3, -0.25) is 4.79 Å². The number of nitrogens with zero attached hydrogens (tertiary/aromatic N) is 5. The van der Waals surface area contributed by atoms with Gasteiger partial charge in [0.25, 0.3) is 11.7 Å². The lowest BCUT2D eigenvalue weighted by Crippen LogP contribution is -2.33. The van der Waals surface area contributed by atoms with E-state index in [4.69, 9.17) is 16.3 Å². The van der Waals surface area contributed by atoms with Crippen molar-refractivity contribution in [2.24, 2.45) is 4.99 Å². The van der Waals surface area contributed by atoms with Crippen LogP contribution < -0.4 is 10.2 Å². The number of hydrogen-bond donors (Lipinski definition) is 1. The lowest BCUT2D eigenvalue weighted by Gasteiger charge is -2.32. The van der Waals surface area contributed by atoms with Crippen LogP contribution in [-0.2, 0) is 15.1 Å². The van der Waals surface area contributed by atoms with Gasteiger partial charge in [0.15, 0.2) is 11.5 Å². The van der Waals surface area contributed by atoms with Crippen LogP contribution in [0.4, 0.5) is 11.5 Å². The normalized spacial score (nSPS) is 16.6. The van der Waals surface area contributed by atoms with E-state index in [0.717, 1.165) is 50.4 Å². The number of pyridine rings is 1. The highest BCUT2D eigenvalue weighted by Crippen LogP contribution is 2.32. The molecule has 8 nitrogen and oxygen atoms in total. The first kappa shape index (κ1) is 23.9. The number of carbonyl (C=O) groups is 1. The molecule has 1 aromatic rings. The Hall–Kier alpha value is -2.76. The number of aliphatic imine (C=N–C) groups is 1. The highest BCUT2D eigenvalue weighted by atomic mass is 16.5. The molecule has 32 heavy (non-hydrogen) atoms. The van der Waals surface area contributed by atoms with E-state index >= 15 is 0 Å². The second kappa shape index (κ2) is 10.7. The Balaban J connectivity index is 1.80. The van der Waals surface area contributed by atoms with E-state index in [-0.39, 0.29) is 11.7 Å². The van der Waals surface area contributed by atoms with E-state index in [2.05, 4.69) is 39.0 Å². The predicted molar refractivity (Wildman–Crippen MR) is 128 cm³/mol. The van der Waals surface area contributed by atoms with Gasteiger partial charge < -0.3 is 24.7 Å². The fourth-order valence-electron chi connectivity index (χ4n) is 3.84. The molecule has 2 aliphatic heterocycles. The fourth-order valence-corrected chi connectivity index (χ4v) is 3.84. The van der Waals surface area contributed by atoms with Crippen LogP contribution >= 0.6 is 0 Å². The molecule has 0 aliphatic carbocycles. The number of aromatic nitrogens is 1. The summed E-state index contributed by atoms with van der Waals surface area (Å²) in [5.74, 6) is 0.762. The lowest BCUT2D eigenvalue weighted by atomic mass is 10.0. The molecule has 1 aromatic heterocycles. The van der Waals surface area contributed by atoms with Crippen molar-refractivity contribution in [2.75, 3.05) is 50.6 Å². The molecule has 0 saturated carbocycles. The molecule has 1 N–H and O–H groups in total. The summed E-state index contributed by atoms with van der Waals surface area (Å²) in [7, 11) is 4.11. The minimum Gasteiger partial charge on any atom is -0.369 e. The van der Waals surface area contributed by atoms with Crippen LogP contribution in [0.5, 0.6) is 0 Å². The van der Waals surface area contributed by atoms with Crippen molar-refractivity contribution in [3.63, 3.8) is 0 Å². The maximum Gasteiger partial charge on any atom is 0.294 e. The molecule has 1 fully saturated rings. The maximum absolute atomic E-state index is 12.8. The van der Waals surface area contributed by atoms with Crippen molar-refractivity contribution in [2.45, 2.75) is 51.6 Å². The summed E-state index contributed by atoms with van der Waals surface area (Å²) in [6, 6.07) is 3.84. The smallest absolute Gasteiger partial charge is 0.294 e.